The number of benzene rings is 2. The Kier molecular flexibility index (Phi) is 5.59. The number of ketones is 1. The van der Waals surface area contributed by atoms with Crippen LogP contribution >= 0.6 is 0 Å². The van der Waals surface area contributed by atoms with Crippen LogP contribution in [0.25, 0.3) is 33.3 Å². The summed E-state index contributed by atoms with van der Waals surface area (Å²) in [5, 5.41) is 0.745. The van der Waals surface area contributed by atoms with E-state index in [4.69, 9.17) is 4.98 Å². The second kappa shape index (κ2) is 8.34. The summed E-state index contributed by atoms with van der Waals surface area (Å²) < 4.78 is 28.4. The summed E-state index contributed by atoms with van der Waals surface area (Å²) in [5.41, 5.74) is 5.07. The molecule has 4 rings (SSSR count). The Morgan fingerprint density at radius 2 is 1.48 bits per heavy atom. The van der Waals surface area contributed by atoms with E-state index in [2.05, 4.69) is 4.98 Å². The molecule has 0 bridgehead atoms. The van der Waals surface area contributed by atoms with Crippen LogP contribution in [-0.2, 0) is 12.8 Å². The van der Waals surface area contributed by atoms with Crippen molar-refractivity contribution in [2.45, 2.75) is 33.6 Å². The molecule has 3 nitrogen and oxygen atoms in total. The predicted octanol–water partition coefficient (Wildman–Crippen LogP) is 6.57. The third kappa shape index (κ3) is 3.72. The molecular weight excluding hydrogens is 394 g/mol. The molecular formula is C26H22F2N2O. The fourth-order valence-electron chi connectivity index (χ4n) is 4.06. The van der Waals surface area contributed by atoms with E-state index < -0.39 is 11.6 Å². The number of hydrogen-bond donors (Lipinski definition) is 0. The minimum absolute atomic E-state index is 0.0305. The second-order valence-corrected chi connectivity index (χ2v) is 7.47. The lowest BCUT2D eigenvalue weighted by atomic mass is 9.93. The first-order valence-corrected chi connectivity index (χ1v) is 10.3. The smallest absolute Gasteiger partial charge is 0.160 e. The fraction of sp³-hybridized carbons (Fsp3) is 0.192. The summed E-state index contributed by atoms with van der Waals surface area (Å²) >= 11 is 0. The first-order valence-electron chi connectivity index (χ1n) is 10.3. The van der Waals surface area contributed by atoms with Crippen LogP contribution in [-0.4, -0.2) is 15.8 Å². The largest absolute Gasteiger partial charge is 0.294 e. The molecule has 0 aliphatic carbocycles. The van der Waals surface area contributed by atoms with Gasteiger partial charge in [0, 0.05) is 34.5 Å². The number of carbonyl (C=O) groups is 1. The first-order chi connectivity index (χ1) is 14.9. The van der Waals surface area contributed by atoms with Crippen molar-refractivity contribution in [3.05, 3.63) is 83.2 Å². The van der Waals surface area contributed by atoms with Crippen molar-refractivity contribution in [3.63, 3.8) is 0 Å². The van der Waals surface area contributed by atoms with Crippen LogP contribution in [0, 0.1) is 11.6 Å². The monoisotopic (exact) mass is 416 g/mol. The van der Waals surface area contributed by atoms with Crippen LogP contribution < -0.4 is 0 Å². The normalized spacial score (nSPS) is 11.1. The van der Waals surface area contributed by atoms with Gasteiger partial charge in [-0.05, 0) is 54.7 Å². The maximum absolute atomic E-state index is 14.2. The van der Waals surface area contributed by atoms with E-state index in [0.29, 0.717) is 35.0 Å². The number of pyridine rings is 2. The molecule has 0 aliphatic heterocycles. The van der Waals surface area contributed by atoms with Crippen LogP contribution in [0.15, 0.2) is 54.9 Å². The molecule has 5 heteroatoms. The lowest BCUT2D eigenvalue weighted by Crippen LogP contribution is -2.05. The van der Waals surface area contributed by atoms with Gasteiger partial charge >= 0.3 is 0 Å². The molecule has 2 heterocycles. The van der Waals surface area contributed by atoms with Crippen molar-refractivity contribution >= 4 is 16.7 Å². The van der Waals surface area contributed by atoms with Crippen molar-refractivity contribution in [3.8, 4) is 22.4 Å². The summed E-state index contributed by atoms with van der Waals surface area (Å²) in [6, 6.07) is 11.9. The van der Waals surface area contributed by atoms with E-state index in [9.17, 15) is 13.6 Å². The summed E-state index contributed by atoms with van der Waals surface area (Å²) in [4.78, 5) is 21.4. The Labute approximate surface area is 179 Å². The van der Waals surface area contributed by atoms with E-state index in [1.54, 1.807) is 32.3 Å². The van der Waals surface area contributed by atoms with Crippen molar-refractivity contribution < 1.29 is 13.6 Å². The van der Waals surface area contributed by atoms with Crippen LogP contribution in [0.4, 0.5) is 8.78 Å². The quantitative estimate of drug-likeness (QED) is 0.346. The molecule has 0 unspecified atom stereocenters. The fourth-order valence-corrected chi connectivity index (χ4v) is 4.06. The first kappa shape index (κ1) is 20.8. The molecule has 2 aromatic heterocycles. The predicted molar refractivity (Wildman–Crippen MR) is 119 cm³/mol. The van der Waals surface area contributed by atoms with Crippen LogP contribution in [0.1, 0.15) is 42.3 Å². The minimum Gasteiger partial charge on any atom is -0.294 e. The highest BCUT2D eigenvalue weighted by molar-refractivity contribution is 6.08. The number of fused-ring (bicyclic) bond motifs is 1. The van der Waals surface area contributed by atoms with Gasteiger partial charge in [0.15, 0.2) is 5.78 Å². The lowest BCUT2D eigenvalue weighted by molar-refractivity contribution is 0.101. The van der Waals surface area contributed by atoms with Crippen molar-refractivity contribution in [2.75, 3.05) is 0 Å². The van der Waals surface area contributed by atoms with E-state index in [1.807, 2.05) is 31.2 Å². The zero-order valence-corrected chi connectivity index (χ0v) is 17.7. The Morgan fingerprint density at radius 3 is 2.06 bits per heavy atom. The number of nitrogens with zero attached hydrogens (tertiary/aromatic N) is 2. The number of Topliss-reactive ketones (excluding diaryl/α,β-unsaturated/α-hetero) is 1. The van der Waals surface area contributed by atoms with Crippen molar-refractivity contribution in [1.29, 1.82) is 0 Å². The van der Waals surface area contributed by atoms with Gasteiger partial charge in [-0.2, -0.15) is 0 Å². The summed E-state index contributed by atoms with van der Waals surface area (Å²) in [6.07, 6.45) is 4.27. The topological polar surface area (TPSA) is 42.9 Å². The summed E-state index contributed by atoms with van der Waals surface area (Å²) in [6.45, 7) is 5.27. The van der Waals surface area contributed by atoms with Gasteiger partial charge in [-0.1, -0.05) is 38.1 Å². The third-order valence-corrected chi connectivity index (χ3v) is 5.58. The maximum Gasteiger partial charge on any atom is 0.160 e. The molecule has 0 amide bonds. The molecule has 31 heavy (non-hydrogen) atoms. The molecule has 0 fully saturated rings. The average Bonchev–Trinajstić information content (AvgIpc) is 2.77. The van der Waals surface area contributed by atoms with Gasteiger partial charge in [0.25, 0.3) is 0 Å². The van der Waals surface area contributed by atoms with Crippen molar-refractivity contribution in [1.82, 2.24) is 9.97 Å². The van der Waals surface area contributed by atoms with Crippen molar-refractivity contribution in [2.24, 2.45) is 0 Å². The molecule has 0 saturated heterocycles. The van der Waals surface area contributed by atoms with Crippen LogP contribution in [0.3, 0.4) is 0 Å². The minimum atomic E-state index is -0.536. The Hall–Kier alpha value is -3.47. The van der Waals surface area contributed by atoms with E-state index in [1.165, 1.54) is 12.1 Å². The van der Waals surface area contributed by atoms with Crippen LogP contribution in [0.5, 0.6) is 0 Å². The molecule has 0 spiro atoms. The van der Waals surface area contributed by atoms with Gasteiger partial charge in [-0.3, -0.25) is 9.78 Å². The molecule has 0 atom stereocenters. The van der Waals surface area contributed by atoms with Gasteiger partial charge in [-0.25, -0.2) is 13.8 Å². The zero-order valence-electron chi connectivity index (χ0n) is 17.7. The zero-order chi connectivity index (χ0) is 22.1. The average molecular weight is 416 g/mol. The molecule has 0 N–H and O–H groups in total. The Morgan fingerprint density at radius 1 is 0.871 bits per heavy atom. The highest BCUT2D eigenvalue weighted by atomic mass is 19.1. The van der Waals surface area contributed by atoms with E-state index in [0.717, 1.165) is 22.2 Å². The van der Waals surface area contributed by atoms with Crippen LogP contribution in [0.2, 0.25) is 0 Å². The maximum atomic E-state index is 14.2. The SMILES string of the molecule is CCc1c(F)cc(-c2ccc(-c3nc4ccncc4c(C(C)=O)c3CC)cc2)cc1F. The number of carbonyl (C=O) groups excluding carboxylic acids is 1. The number of aromatic nitrogens is 2. The highest BCUT2D eigenvalue weighted by Gasteiger charge is 2.18. The molecule has 2 aromatic carbocycles. The van der Waals surface area contributed by atoms with E-state index in [-0.39, 0.29) is 11.3 Å². The Bertz CT molecular complexity index is 1270. The van der Waals surface area contributed by atoms with Gasteiger partial charge in [0.2, 0.25) is 0 Å². The Balaban J connectivity index is 1.84. The van der Waals surface area contributed by atoms with Gasteiger partial charge < -0.3 is 0 Å². The highest BCUT2D eigenvalue weighted by Crippen LogP contribution is 2.32. The summed E-state index contributed by atoms with van der Waals surface area (Å²) in [7, 11) is 0. The van der Waals surface area contributed by atoms with Gasteiger partial charge in [0.1, 0.15) is 11.6 Å². The molecule has 4 aromatic rings. The standard InChI is InChI=1S/C26H22F2N2O/c1-4-19-22(27)12-18(13-23(19)28)16-6-8-17(9-7-16)26-20(5-2)25(15(3)31)21-14-29-11-10-24(21)30-26/h6-14H,4-5H2,1-3H3. The number of rotatable bonds is 5. The number of hydrogen-bond acceptors (Lipinski definition) is 3. The van der Waals surface area contributed by atoms with E-state index >= 15 is 0 Å². The molecule has 156 valence electrons. The second-order valence-electron chi connectivity index (χ2n) is 7.47. The lowest BCUT2D eigenvalue weighted by Gasteiger charge is -2.15. The molecule has 0 saturated carbocycles. The summed E-state index contributed by atoms with van der Waals surface area (Å²) in [5.74, 6) is -1.10. The third-order valence-electron chi connectivity index (χ3n) is 5.58. The molecule has 0 radical (unpaired) electrons. The number of halogens is 2. The van der Waals surface area contributed by atoms with Gasteiger partial charge in [-0.15, -0.1) is 0 Å². The molecule has 0 aliphatic rings. The van der Waals surface area contributed by atoms with Gasteiger partial charge in [0.05, 0.1) is 11.2 Å².